The average molecular weight is 184 g/mol. The number of allylic oxidation sites excluding steroid dienone is 2. The third kappa shape index (κ3) is 8.04. The third-order valence-corrected chi connectivity index (χ3v) is 2.38. The quantitative estimate of drug-likeness (QED) is 0.601. The van der Waals surface area contributed by atoms with Gasteiger partial charge in [0.1, 0.15) is 0 Å². The molecule has 1 nitrogen and oxygen atoms in total. The summed E-state index contributed by atoms with van der Waals surface area (Å²) in [7, 11) is 0. The van der Waals surface area contributed by atoms with E-state index >= 15 is 0 Å². The van der Waals surface area contributed by atoms with Crippen molar-refractivity contribution in [1.29, 1.82) is 0 Å². The van der Waals surface area contributed by atoms with E-state index in [1.165, 1.54) is 12.8 Å². The van der Waals surface area contributed by atoms with Crippen molar-refractivity contribution in [2.24, 2.45) is 11.8 Å². The van der Waals surface area contributed by atoms with E-state index in [1.54, 1.807) is 0 Å². The monoisotopic (exact) mass is 184 g/mol. The summed E-state index contributed by atoms with van der Waals surface area (Å²) in [6.07, 6.45) is 9.06. The van der Waals surface area contributed by atoms with Crippen LogP contribution in [0.2, 0.25) is 0 Å². The second-order valence-electron chi connectivity index (χ2n) is 4.04. The van der Waals surface area contributed by atoms with Crippen molar-refractivity contribution >= 4 is 0 Å². The molecule has 1 atom stereocenters. The van der Waals surface area contributed by atoms with Gasteiger partial charge in [0, 0.05) is 6.61 Å². The van der Waals surface area contributed by atoms with Crippen LogP contribution in [-0.4, -0.2) is 11.7 Å². The fraction of sp³-hybridized carbons (Fsp3) is 0.833. The van der Waals surface area contributed by atoms with Crippen LogP contribution in [-0.2, 0) is 0 Å². The van der Waals surface area contributed by atoms with Gasteiger partial charge in [-0.3, -0.25) is 0 Å². The van der Waals surface area contributed by atoms with Gasteiger partial charge in [0.25, 0.3) is 0 Å². The molecule has 0 radical (unpaired) electrons. The minimum Gasteiger partial charge on any atom is -0.396 e. The topological polar surface area (TPSA) is 20.2 Å². The van der Waals surface area contributed by atoms with Gasteiger partial charge in [-0.05, 0) is 31.1 Å². The standard InChI is InChI=1S/C12H24O/c1-4-12(9-10-13)8-6-5-7-11(2)3/h5,7,11-13H,4,6,8-10H2,1-3H3. The van der Waals surface area contributed by atoms with Gasteiger partial charge in [0.2, 0.25) is 0 Å². The molecule has 0 amide bonds. The molecule has 0 aromatic carbocycles. The molecule has 0 bridgehead atoms. The normalized spacial score (nSPS) is 14.2. The molecular formula is C12H24O. The van der Waals surface area contributed by atoms with E-state index < -0.39 is 0 Å². The first kappa shape index (κ1) is 12.7. The lowest BCUT2D eigenvalue weighted by Gasteiger charge is -2.11. The second-order valence-corrected chi connectivity index (χ2v) is 4.04. The van der Waals surface area contributed by atoms with Crippen LogP contribution < -0.4 is 0 Å². The van der Waals surface area contributed by atoms with Crippen molar-refractivity contribution in [3.05, 3.63) is 12.2 Å². The summed E-state index contributed by atoms with van der Waals surface area (Å²) in [5, 5.41) is 8.79. The molecular weight excluding hydrogens is 160 g/mol. The van der Waals surface area contributed by atoms with Crippen LogP contribution in [0.5, 0.6) is 0 Å². The lowest BCUT2D eigenvalue weighted by molar-refractivity contribution is 0.249. The molecule has 0 aliphatic rings. The zero-order chi connectivity index (χ0) is 10.1. The Morgan fingerprint density at radius 2 is 1.92 bits per heavy atom. The molecule has 0 aliphatic heterocycles. The maximum Gasteiger partial charge on any atom is 0.0433 e. The molecule has 0 heterocycles. The molecule has 0 fully saturated rings. The summed E-state index contributed by atoms with van der Waals surface area (Å²) in [5.74, 6) is 1.37. The van der Waals surface area contributed by atoms with Crippen LogP contribution >= 0.6 is 0 Å². The van der Waals surface area contributed by atoms with Gasteiger partial charge in [-0.1, -0.05) is 39.3 Å². The zero-order valence-corrected chi connectivity index (χ0v) is 9.29. The fourth-order valence-corrected chi connectivity index (χ4v) is 1.44. The maximum atomic E-state index is 8.79. The number of aliphatic hydroxyl groups is 1. The average Bonchev–Trinajstić information content (AvgIpc) is 2.10. The molecule has 0 aromatic rings. The van der Waals surface area contributed by atoms with Crippen LogP contribution in [0.15, 0.2) is 12.2 Å². The van der Waals surface area contributed by atoms with Gasteiger partial charge in [-0.25, -0.2) is 0 Å². The van der Waals surface area contributed by atoms with Crippen LogP contribution in [0.4, 0.5) is 0 Å². The van der Waals surface area contributed by atoms with Crippen molar-refractivity contribution in [3.8, 4) is 0 Å². The third-order valence-electron chi connectivity index (χ3n) is 2.38. The van der Waals surface area contributed by atoms with Crippen molar-refractivity contribution in [2.75, 3.05) is 6.61 Å². The van der Waals surface area contributed by atoms with Gasteiger partial charge in [0.05, 0.1) is 0 Å². The van der Waals surface area contributed by atoms with E-state index in [-0.39, 0.29) is 0 Å². The zero-order valence-electron chi connectivity index (χ0n) is 9.29. The van der Waals surface area contributed by atoms with Gasteiger partial charge < -0.3 is 5.11 Å². The minimum atomic E-state index is 0.340. The Morgan fingerprint density at radius 1 is 1.23 bits per heavy atom. The Morgan fingerprint density at radius 3 is 2.38 bits per heavy atom. The molecule has 0 aliphatic carbocycles. The SMILES string of the molecule is CCC(CCO)CCC=CC(C)C. The number of hydrogen-bond acceptors (Lipinski definition) is 1. The predicted octanol–water partition coefficient (Wildman–Crippen LogP) is 3.39. The van der Waals surface area contributed by atoms with Crippen LogP contribution in [0.3, 0.4) is 0 Å². The molecule has 1 N–H and O–H groups in total. The number of hydrogen-bond donors (Lipinski definition) is 1. The van der Waals surface area contributed by atoms with Crippen LogP contribution in [0, 0.1) is 11.8 Å². The summed E-state index contributed by atoms with van der Waals surface area (Å²) < 4.78 is 0. The van der Waals surface area contributed by atoms with Gasteiger partial charge in [0.15, 0.2) is 0 Å². The molecule has 0 aromatic heterocycles. The Kier molecular flexibility index (Phi) is 8.11. The summed E-state index contributed by atoms with van der Waals surface area (Å²) in [6.45, 7) is 6.93. The molecule has 78 valence electrons. The Labute approximate surface area is 82.9 Å². The van der Waals surface area contributed by atoms with E-state index in [2.05, 4.69) is 32.9 Å². The Bertz CT molecular complexity index is 127. The molecule has 1 heteroatoms. The highest BCUT2D eigenvalue weighted by atomic mass is 16.3. The smallest absolute Gasteiger partial charge is 0.0433 e. The predicted molar refractivity (Wildman–Crippen MR) is 58.7 cm³/mol. The van der Waals surface area contributed by atoms with Crippen LogP contribution in [0.1, 0.15) is 46.5 Å². The molecule has 0 saturated carbocycles. The van der Waals surface area contributed by atoms with Crippen molar-refractivity contribution in [1.82, 2.24) is 0 Å². The maximum absolute atomic E-state index is 8.79. The van der Waals surface area contributed by atoms with Gasteiger partial charge >= 0.3 is 0 Å². The van der Waals surface area contributed by atoms with E-state index in [1.807, 2.05) is 0 Å². The Balaban J connectivity index is 3.48. The highest BCUT2D eigenvalue weighted by Gasteiger charge is 2.03. The molecule has 0 spiro atoms. The second kappa shape index (κ2) is 8.31. The highest BCUT2D eigenvalue weighted by Crippen LogP contribution is 2.15. The lowest BCUT2D eigenvalue weighted by atomic mass is 9.97. The first-order valence-electron chi connectivity index (χ1n) is 5.48. The van der Waals surface area contributed by atoms with E-state index in [0.29, 0.717) is 18.4 Å². The molecule has 0 saturated heterocycles. The lowest BCUT2D eigenvalue weighted by Crippen LogP contribution is -2.00. The summed E-state index contributed by atoms with van der Waals surface area (Å²) >= 11 is 0. The van der Waals surface area contributed by atoms with E-state index in [9.17, 15) is 0 Å². The van der Waals surface area contributed by atoms with E-state index in [0.717, 1.165) is 12.8 Å². The van der Waals surface area contributed by atoms with Gasteiger partial charge in [-0.2, -0.15) is 0 Å². The number of aliphatic hydroxyl groups excluding tert-OH is 1. The first-order chi connectivity index (χ1) is 6.20. The van der Waals surface area contributed by atoms with Crippen molar-refractivity contribution in [3.63, 3.8) is 0 Å². The largest absolute Gasteiger partial charge is 0.396 e. The van der Waals surface area contributed by atoms with Gasteiger partial charge in [-0.15, -0.1) is 0 Å². The highest BCUT2D eigenvalue weighted by molar-refractivity contribution is 4.84. The van der Waals surface area contributed by atoms with E-state index in [4.69, 9.17) is 5.11 Å². The fourth-order valence-electron chi connectivity index (χ4n) is 1.44. The summed E-state index contributed by atoms with van der Waals surface area (Å²) in [5.41, 5.74) is 0. The summed E-state index contributed by atoms with van der Waals surface area (Å²) in [4.78, 5) is 0. The minimum absolute atomic E-state index is 0.340. The molecule has 1 unspecified atom stereocenters. The van der Waals surface area contributed by atoms with Crippen molar-refractivity contribution in [2.45, 2.75) is 46.5 Å². The molecule has 0 rings (SSSR count). The van der Waals surface area contributed by atoms with Crippen LogP contribution in [0.25, 0.3) is 0 Å². The first-order valence-corrected chi connectivity index (χ1v) is 5.48. The van der Waals surface area contributed by atoms with Crippen molar-refractivity contribution < 1.29 is 5.11 Å². The summed E-state index contributed by atoms with van der Waals surface area (Å²) in [6, 6.07) is 0. The molecule has 13 heavy (non-hydrogen) atoms. The Hall–Kier alpha value is -0.300. The number of rotatable bonds is 7.